The number of piperazine rings is 1. The Morgan fingerprint density at radius 2 is 1.88 bits per heavy atom. The normalized spacial score (nSPS) is 17.4. The third kappa shape index (κ3) is 2.42. The molecule has 2 rings (SSSR count). The van der Waals surface area contributed by atoms with Crippen molar-refractivity contribution in [3.8, 4) is 0 Å². The van der Waals surface area contributed by atoms with Crippen LogP contribution in [0.25, 0.3) is 0 Å². The van der Waals surface area contributed by atoms with Crippen molar-refractivity contribution in [2.45, 2.75) is 0 Å². The second-order valence-corrected chi connectivity index (χ2v) is 4.03. The number of benzene rings is 1. The Morgan fingerprint density at radius 1 is 1.19 bits per heavy atom. The molecule has 0 aliphatic carbocycles. The van der Waals surface area contributed by atoms with Crippen LogP contribution in [0.4, 0.5) is 10.1 Å². The maximum absolute atomic E-state index is 13.5. The van der Waals surface area contributed by atoms with Crippen molar-refractivity contribution in [1.82, 2.24) is 4.90 Å². The van der Waals surface area contributed by atoms with E-state index in [9.17, 15) is 4.39 Å². The van der Waals surface area contributed by atoms with Gasteiger partial charge in [0.1, 0.15) is 5.82 Å². The van der Waals surface area contributed by atoms with E-state index in [0.29, 0.717) is 0 Å². The number of halogens is 1. The molecule has 0 bridgehead atoms. The molecule has 1 heterocycles. The summed E-state index contributed by atoms with van der Waals surface area (Å²) in [6, 6.07) is 6.98. The lowest BCUT2D eigenvalue weighted by molar-refractivity contribution is 0.283. The van der Waals surface area contributed by atoms with Crippen molar-refractivity contribution in [3.63, 3.8) is 0 Å². The van der Waals surface area contributed by atoms with Gasteiger partial charge in [0.15, 0.2) is 0 Å². The molecule has 1 aromatic carbocycles. The van der Waals surface area contributed by atoms with Crippen LogP contribution in [0.1, 0.15) is 0 Å². The molecule has 1 fully saturated rings. The molecule has 86 valence electrons. The number of anilines is 1. The second-order valence-electron chi connectivity index (χ2n) is 4.03. The highest BCUT2D eigenvalue weighted by Crippen LogP contribution is 2.19. The zero-order chi connectivity index (χ0) is 11.4. The second kappa shape index (κ2) is 5.12. The summed E-state index contributed by atoms with van der Waals surface area (Å²) in [5.74, 6) is -0.125. The summed E-state index contributed by atoms with van der Waals surface area (Å²) in [6.07, 6.45) is 1.92. The molecule has 1 aliphatic heterocycles. The summed E-state index contributed by atoms with van der Waals surface area (Å²) in [6.45, 7) is 8.37. The van der Waals surface area contributed by atoms with E-state index in [-0.39, 0.29) is 5.82 Å². The number of nitrogens with zero attached hydrogens (tertiary/aromatic N) is 2. The first kappa shape index (κ1) is 11.1. The van der Waals surface area contributed by atoms with Gasteiger partial charge in [0.25, 0.3) is 0 Å². The molecule has 0 atom stereocenters. The van der Waals surface area contributed by atoms with Crippen molar-refractivity contribution in [2.24, 2.45) is 0 Å². The fourth-order valence-electron chi connectivity index (χ4n) is 2.06. The van der Waals surface area contributed by atoms with E-state index in [0.717, 1.165) is 38.4 Å². The Labute approximate surface area is 96.0 Å². The van der Waals surface area contributed by atoms with Crippen LogP contribution in [0, 0.1) is 5.82 Å². The van der Waals surface area contributed by atoms with E-state index in [4.69, 9.17) is 0 Å². The largest absolute Gasteiger partial charge is 0.367 e. The number of para-hydroxylation sites is 1. The summed E-state index contributed by atoms with van der Waals surface area (Å²) in [4.78, 5) is 4.43. The van der Waals surface area contributed by atoms with Gasteiger partial charge in [-0.3, -0.25) is 4.90 Å². The summed E-state index contributed by atoms with van der Waals surface area (Å²) in [7, 11) is 0. The predicted octanol–water partition coefficient (Wildman–Crippen LogP) is 2.13. The SMILES string of the molecule is C=CCN1CCN(c2ccccc2F)CC1. The van der Waals surface area contributed by atoms with Gasteiger partial charge in [0.2, 0.25) is 0 Å². The lowest BCUT2D eigenvalue weighted by atomic mass is 10.2. The molecule has 1 saturated heterocycles. The van der Waals surface area contributed by atoms with E-state index in [2.05, 4.69) is 16.4 Å². The minimum Gasteiger partial charge on any atom is -0.367 e. The molecule has 0 N–H and O–H groups in total. The van der Waals surface area contributed by atoms with Gasteiger partial charge in [0.05, 0.1) is 5.69 Å². The molecule has 16 heavy (non-hydrogen) atoms. The number of hydrogen-bond acceptors (Lipinski definition) is 2. The fourth-order valence-corrected chi connectivity index (χ4v) is 2.06. The van der Waals surface area contributed by atoms with E-state index < -0.39 is 0 Å². The Balaban J connectivity index is 1.99. The Morgan fingerprint density at radius 3 is 2.50 bits per heavy atom. The first-order chi connectivity index (χ1) is 7.81. The Hall–Kier alpha value is -1.35. The van der Waals surface area contributed by atoms with E-state index in [1.54, 1.807) is 6.07 Å². The van der Waals surface area contributed by atoms with Gasteiger partial charge in [-0.1, -0.05) is 18.2 Å². The van der Waals surface area contributed by atoms with Crippen LogP contribution in [0.2, 0.25) is 0 Å². The molecule has 0 radical (unpaired) electrons. The van der Waals surface area contributed by atoms with Gasteiger partial charge in [-0.15, -0.1) is 6.58 Å². The molecule has 1 aliphatic rings. The van der Waals surface area contributed by atoms with Crippen LogP contribution in [0.3, 0.4) is 0 Å². The molecule has 1 aromatic rings. The van der Waals surface area contributed by atoms with Crippen molar-refractivity contribution < 1.29 is 4.39 Å². The predicted molar refractivity (Wildman–Crippen MR) is 65.3 cm³/mol. The molecule has 2 nitrogen and oxygen atoms in total. The zero-order valence-corrected chi connectivity index (χ0v) is 9.40. The first-order valence-corrected chi connectivity index (χ1v) is 5.64. The van der Waals surface area contributed by atoms with Gasteiger partial charge >= 0.3 is 0 Å². The minimum atomic E-state index is -0.125. The first-order valence-electron chi connectivity index (χ1n) is 5.64. The monoisotopic (exact) mass is 220 g/mol. The Bertz CT molecular complexity index is 357. The highest BCUT2D eigenvalue weighted by molar-refractivity contribution is 5.47. The highest BCUT2D eigenvalue weighted by Gasteiger charge is 2.17. The topological polar surface area (TPSA) is 6.48 Å². The third-order valence-corrected chi connectivity index (χ3v) is 2.95. The quantitative estimate of drug-likeness (QED) is 0.720. The van der Waals surface area contributed by atoms with Gasteiger partial charge in [-0.2, -0.15) is 0 Å². The molecule has 0 aromatic heterocycles. The smallest absolute Gasteiger partial charge is 0.146 e. The molecular weight excluding hydrogens is 203 g/mol. The lowest BCUT2D eigenvalue weighted by Crippen LogP contribution is -2.46. The maximum Gasteiger partial charge on any atom is 0.146 e. The summed E-state index contributed by atoms with van der Waals surface area (Å²) >= 11 is 0. The van der Waals surface area contributed by atoms with Crippen LogP contribution < -0.4 is 4.90 Å². The van der Waals surface area contributed by atoms with Gasteiger partial charge in [-0.05, 0) is 12.1 Å². The van der Waals surface area contributed by atoms with E-state index in [1.807, 2.05) is 18.2 Å². The average Bonchev–Trinajstić information content (AvgIpc) is 2.31. The van der Waals surface area contributed by atoms with Crippen LogP contribution in [0.15, 0.2) is 36.9 Å². The van der Waals surface area contributed by atoms with Gasteiger partial charge in [0, 0.05) is 32.7 Å². The molecule has 0 saturated carbocycles. The molecular formula is C13H17FN2. The standard InChI is InChI=1S/C13H17FN2/c1-2-7-15-8-10-16(11-9-15)13-6-4-3-5-12(13)14/h2-6H,1,7-11H2. The van der Waals surface area contributed by atoms with Crippen molar-refractivity contribution in [2.75, 3.05) is 37.6 Å². The van der Waals surface area contributed by atoms with E-state index >= 15 is 0 Å². The number of rotatable bonds is 3. The molecule has 3 heteroatoms. The lowest BCUT2D eigenvalue weighted by Gasteiger charge is -2.35. The van der Waals surface area contributed by atoms with Crippen LogP contribution >= 0.6 is 0 Å². The zero-order valence-electron chi connectivity index (χ0n) is 9.40. The molecule has 0 amide bonds. The summed E-state index contributed by atoms with van der Waals surface area (Å²) < 4.78 is 13.5. The van der Waals surface area contributed by atoms with Crippen LogP contribution in [-0.2, 0) is 0 Å². The molecule has 0 spiro atoms. The minimum absolute atomic E-state index is 0.125. The van der Waals surface area contributed by atoms with Crippen LogP contribution in [-0.4, -0.2) is 37.6 Å². The summed E-state index contributed by atoms with van der Waals surface area (Å²) in [5.41, 5.74) is 0.723. The van der Waals surface area contributed by atoms with Crippen molar-refractivity contribution in [3.05, 3.63) is 42.7 Å². The van der Waals surface area contributed by atoms with Crippen molar-refractivity contribution in [1.29, 1.82) is 0 Å². The maximum atomic E-state index is 13.5. The van der Waals surface area contributed by atoms with E-state index in [1.165, 1.54) is 6.07 Å². The van der Waals surface area contributed by atoms with Gasteiger partial charge in [-0.25, -0.2) is 4.39 Å². The number of hydrogen-bond donors (Lipinski definition) is 0. The van der Waals surface area contributed by atoms with Gasteiger partial charge < -0.3 is 4.90 Å². The van der Waals surface area contributed by atoms with Crippen LogP contribution in [0.5, 0.6) is 0 Å². The third-order valence-electron chi connectivity index (χ3n) is 2.95. The highest BCUT2D eigenvalue weighted by atomic mass is 19.1. The molecule has 0 unspecified atom stereocenters. The fraction of sp³-hybridized carbons (Fsp3) is 0.385. The Kier molecular flexibility index (Phi) is 3.57. The summed E-state index contributed by atoms with van der Waals surface area (Å²) in [5, 5.41) is 0. The average molecular weight is 220 g/mol. The van der Waals surface area contributed by atoms with Crippen molar-refractivity contribution >= 4 is 5.69 Å².